The molecule has 0 unspecified atom stereocenters. The fourth-order valence-electron chi connectivity index (χ4n) is 2.28. The second-order valence-corrected chi connectivity index (χ2v) is 4.84. The van der Waals surface area contributed by atoms with Crippen LogP contribution in [0.5, 0.6) is 0 Å². The van der Waals surface area contributed by atoms with Crippen molar-refractivity contribution in [1.82, 2.24) is 0 Å². The van der Waals surface area contributed by atoms with Crippen molar-refractivity contribution in [3.8, 4) is 0 Å². The van der Waals surface area contributed by atoms with Gasteiger partial charge in [0, 0.05) is 24.3 Å². The summed E-state index contributed by atoms with van der Waals surface area (Å²) in [7, 11) is 0. The number of benzene rings is 1. The molecule has 1 aromatic rings. The lowest BCUT2D eigenvalue weighted by molar-refractivity contribution is -0.0232. The molecule has 1 aliphatic heterocycles. The van der Waals surface area contributed by atoms with Crippen molar-refractivity contribution in [2.75, 3.05) is 18.0 Å². The number of hydrogen-bond donors (Lipinski definition) is 1. The molecule has 0 radical (unpaired) electrons. The van der Waals surface area contributed by atoms with Gasteiger partial charge in [-0.1, -0.05) is 18.2 Å². The lowest BCUT2D eigenvalue weighted by Gasteiger charge is -2.29. The Morgan fingerprint density at radius 2 is 1.81 bits per heavy atom. The molecule has 1 aliphatic rings. The summed E-state index contributed by atoms with van der Waals surface area (Å²) in [4.78, 5) is 7.51. The topological polar surface area (TPSA) is 38.5 Å². The smallest absolute Gasteiger partial charge is 0.111 e. The van der Waals surface area contributed by atoms with E-state index in [0.717, 1.165) is 13.1 Å². The zero-order valence-corrected chi connectivity index (χ0v) is 10.1. The van der Waals surface area contributed by atoms with E-state index in [1.54, 1.807) is 0 Å². The van der Waals surface area contributed by atoms with E-state index >= 15 is 0 Å². The van der Waals surface area contributed by atoms with E-state index in [1.165, 1.54) is 24.1 Å². The van der Waals surface area contributed by atoms with Gasteiger partial charge in [0.05, 0.1) is 0 Å². The van der Waals surface area contributed by atoms with Crippen molar-refractivity contribution < 1.29 is 4.84 Å². The fraction of sp³-hybridized carbons (Fsp3) is 0.538. The van der Waals surface area contributed by atoms with Gasteiger partial charge in [0.15, 0.2) is 0 Å². The summed E-state index contributed by atoms with van der Waals surface area (Å²) >= 11 is 0. The minimum absolute atomic E-state index is 0.431. The summed E-state index contributed by atoms with van der Waals surface area (Å²) in [5.41, 5.74) is 1.99. The lowest BCUT2D eigenvalue weighted by Crippen LogP contribution is -2.29. The van der Waals surface area contributed by atoms with Gasteiger partial charge in [-0.15, -0.1) is 0 Å². The van der Waals surface area contributed by atoms with Crippen LogP contribution in [0.1, 0.15) is 32.3 Å². The molecule has 2 N–H and O–H groups in total. The Morgan fingerprint density at radius 3 is 2.44 bits per heavy atom. The van der Waals surface area contributed by atoms with Crippen LogP contribution < -0.4 is 10.8 Å². The molecule has 0 atom stereocenters. The minimum atomic E-state index is -0.431. The molecular weight excluding hydrogens is 200 g/mol. The number of anilines is 1. The van der Waals surface area contributed by atoms with Crippen LogP contribution in [0.15, 0.2) is 24.3 Å². The Labute approximate surface area is 97.1 Å². The highest BCUT2D eigenvalue weighted by Gasteiger charge is 2.26. The Kier molecular flexibility index (Phi) is 3.17. The van der Waals surface area contributed by atoms with E-state index in [4.69, 9.17) is 10.7 Å². The van der Waals surface area contributed by atoms with E-state index in [2.05, 4.69) is 23.1 Å². The minimum Gasteiger partial charge on any atom is -0.371 e. The molecule has 88 valence electrons. The summed E-state index contributed by atoms with van der Waals surface area (Å²) in [5.74, 6) is 5.39. The van der Waals surface area contributed by atoms with Gasteiger partial charge in [-0.25, -0.2) is 5.90 Å². The standard InChI is InChI=1S/C13H20N2O/c1-13(2,16-14)11-7-3-4-8-12(11)15-9-5-6-10-15/h3-4,7-8H,5-6,9-10,14H2,1-2H3. The summed E-state index contributed by atoms with van der Waals surface area (Å²) in [6.07, 6.45) is 2.55. The third-order valence-electron chi connectivity index (χ3n) is 3.29. The molecule has 1 heterocycles. The molecule has 0 amide bonds. The first-order valence-corrected chi connectivity index (χ1v) is 5.87. The van der Waals surface area contributed by atoms with Gasteiger partial charge in [-0.3, -0.25) is 4.84 Å². The normalized spacial score (nSPS) is 16.8. The zero-order chi connectivity index (χ0) is 11.6. The molecule has 1 aromatic carbocycles. The third-order valence-corrected chi connectivity index (χ3v) is 3.29. The highest BCUT2D eigenvalue weighted by molar-refractivity contribution is 5.56. The first-order chi connectivity index (χ1) is 7.65. The Morgan fingerprint density at radius 1 is 1.19 bits per heavy atom. The van der Waals surface area contributed by atoms with Crippen LogP contribution in [0, 0.1) is 0 Å². The van der Waals surface area contributed by atoms with Crippen molar-refractivity contribution in [3.05, 3.63) is 29.8 Å². The molecule has 16 heavy (non-hydrogen) atoms. The van der Waals surface area contributed by atoms with Gasteiger partial charge in [0.25, 0.3) is 0 Å². The van der Waals surface area contributed by atoms with Crippen LogP contribution in [-0.4, -0.2) is 13.1 Å². The average Bonchev–Trinajstić information content (AvgIpc) is 2.82. The highest BCUT2D eigenvalue weighted by atomic mass is 16.6. The molecule has 0 aromatic heterocycles. The highest BCUT2D eigenvalue weighted by Crippen LogP contribution is 2.33. The summed E-state index contributed by atoms with van der Waals surface area (Å²) in [5, 5.41) is 0. The van der Waals surface area contributed by atoms with Crippen molar-refractivity contribution in [2.24, 2.45) is 5.90 Å². The molecule has 1 saturated heterocycles. The maximum atomic E-state index is 5.39. The largest absolute Gasteiger partial charge is 0.371 e. The van der Waals surface area contributed by atoms with Crippen LogP contribution in [0.4, 0.5) is 5.69 Å². The van der Waals surface area contributed by atoms with Gasteiger partial charge in [0.2, 0.25) is 0 Å². The molecule has 3 nitrogen and oxygen atoms in total. The van der Waals surface area contributed by atoms with E-state index in [9.17, 15) is 0 Å². The monoisotopic (exact) mass is 220 g/mol. The van der Waals surface area contributed by atoms with E-state index in [-0.39, 0.29) is 0 Å². The van der Waals surface area contributed by atoms with Crippen LogP contribution in [0.25, 0.3) is 0 Å². The van der Waals surface area contributed by atoms with Gasteiger partial charge in [-0.05, 0) is 32.8 Å². The number of hydrogen-bond acceptors (Lipinski definition) is 3. The van der Waals surface area contributed by atoms with Gasteiger partial charge in [0.1, 0.15) is 5.60 Å². The molecule has 1 fully saturated rings. The molecule has 2 rings (SSSR count). The summed E-state index contributed by atoms with van der Waals surface area (Å²) in [6, 6.07) is 8.36. The first kappa shape index (κ1) is 11.4. The summed E-state index contributed by atoms with van der Waals surface area (Å²) in [6.45, 7) is 6.28. The number of rotatable bonds is 3. The van der Waals surface area contributed by atoms with Crippen LogP contribution in [0.2, 0.25) is 0 Å². The van der Waals surface area contributed by atoms with Gasteiger partial charge in [-0.2, -0.15) is 0 Å². The van der Waals surface area contributed by atoms with Crippen molar-refractivity contribution in [3.63, 3.8) is 0 Å². The Balaban J connectivity index is 2.37. The molecule has 0 saturated carbocycles. The second kappa shape index (κ2) is 4.44. The van der Waals surface area contributed by atoms with Crippen molar-refractivity contribution >= 4 is 5.69 Å². The lowest BCUT2D eigenvalue weighted by atomic mass is 9.96. The maximum absolute atomic E-state index is 5.39. The van der Waals surface area contributed by atoms with E-state index in [0.29, 0.717) is 0 Å². The van der Waals surface area contributed by atoms with Crippen molar-refractivity contribution in [1.29, 1.82) is 0 Å². The third kappa shape index (κ3) is 2.06. The molecule has 3 heteroatoms. The number of nitrogens with zero attached hydrogens (tertiary/aromatic N) is 1. The Bertz CT molecular complexity index is 357. The maximum Gasteiger partial charge on any atom is 0.111 e. The first-order valence-electron chi connectivity index (χ1n) is 5.87. The average molecular weight is 220 g/mol. The fourth-order valence-corrected chi connectivity index (χ4v) is 2.28. The van der Waals surface area contributed by atoms with Crippen LogP contribution in [0.3, 0.4) is 0 Å². The molecule has 0 spiro atoms. The summed E-state index contributed by atoms with van der Waals surface area (Å²) < 4.78 is 0. The van der Waals surface area contributed by atoms with Gasteiger partial charge < -0.3 is 4.90 Å². The molecule has 0 aliphatic carbocycles. The SMILES string of the molecule is CC(C)(ON)c1ccccc1N1CCCC1. The van der Waals surface area contributed by atoms with Crippen molar-refractivity contribution in [2.45, 2.75) is 32.3 Å². The predicted molar refractivity (Wildman–Crippen MR) is 66.2 cm³/mol. The zero-order valence-electron chi connectivity index (χ0n) is 10.1. The van der Waals surface area contributed by atoms with E-state index in [1.807, 2.05) is 19.9 Å². The Hall–Kier alpha value is -1.06. The van der Waals surface area contributed by atoms with Crippen LogP contribution >= 0.6 is 0 Å². The number of nitrogens with two attached hydrogens (primary N) is 1. The number of para-hydroxylation sites is 1. The molecular formula is C13H20N2O. The quantitative estimate of drug-likeness (QED) is 0.795. The van der Waals surface area contributed by atoms with E-state index < -0.39 is 5.60 Å². The molecule has 0 bridgehead atoms. The van der Waals surface area contributed by atoms with Crippen LogP contribution in [-0.2, 0) is 10.4 Å². The second-order valence-electron chi connectivity index (χ2n) is 4.84. The predicted octanol–water partition coefficient (Wildman–Crippen LogP) is 2.41. The van der Waals surface area contributed by atoms with Gasteiger partial charge >= 0.3 is 0 Å².